The number of nitrogens with one attached hydrogen (secondary N) is 1. The number of nitrogens with zero attached hydrogens (tertiary/aromatic N) is 1. The van der Waals surface area contributed by atoms with E-state index < -0.39 is 0 Å². The van der Waals surface area contributed by atoms with Gasteiger partial charge in [-0.3, -0.25) is 9.59 Å². The third-order valence-electron chi connectivity index (χ3n) is 4.93. The summed E-state index contributed by atoms with van der Waals surface area (Å²) < 4.78 is 0. The Hall–Kier alpha value is -1.84. The van der Waals surface area contributed by atoms with Crippen LogP contribution in [0, 0.1) is 11.8 Å². The van der Waals surface area contributed by atoms with Gasteiger partial charge in [0.25, 0.3) is 0 Å². The van der Waals surface area contributed by atoms with E-state index in [9.17, 15) is 9.59 Å². The Labute approximate surface area is 152 Å². The van der Waals surface area contributed by atoms with Crippen LogP contribution in [0.5, 0.6) is 0 Å². The maximum absolute atomic E-state index is 12.6. The van der Waals surface area contributed by atoms with Gasteiger partial charge in [-0.1, -0.05) is 45.0 Å². The average molecular weight is 344 g/mol. The lowest BCUT2D eigenvalue weighted by Crippen LogP contribution is -2.45. The van der Waals surface area contributed by atoms with Crippen LogP contribution in [0.15, 0.2) is 24.3 Å². The van der Waals surface area contributed by atoms with Crippen molar-refractivity contribution in [3.63, 3.8) is 0 Å². The Bertz CT molecular complexity index is 580. The topological polar surface area (TPSA) is 49.4 Å². The summed E-state index contributed by atoms with van der Waals surface area (Å²) in [6, 6.07) is 8.51. The maximum Gasteiger partial charge on any atom is 0.225 e. The van der Waals surface area contributed by atoms with Crippen LogP contribution in [0.4, 0.5) is 0 Å². The largest absolute Gasteiger partial charge is 0.349 e. The number of hydrogen-bond donors (Lipinski definition) is 1. The van der Waals surface area contributed by atoms with Gasteiger partial charge in [-0.15, -0.1) is 0 Å². The second-order valence-corrected chi connectivity index (χ2v) is 7.60. The third kappa shape index (κ3) is 5.58. The number of rotatable bonds is 6. The number of carbonyl (C=O) groups excluding carboxylic acids is 2. The van der Waals surface area contributed by atoms with E-state index in [4.69, 9.17) is 0 Å². The fraction of sp³-hybridized carbons (Fsp3) is 0.619. The molecule has 2 rings (SSSR count). The van der Waals surface area contributed by atoms with E-state index in [1.807, 2.05) is 18.7 Å². The molecule has 0 spiro atoms. The van der Waals surface area contributed by atoms with Gasteiger partial charge >= 0.3 is 0 Å². The molecule has 1 aliphatic rings. The Morgan fingerprint density at radius 2 is 1.88 bits per heavy atom. The molecule has 0 bridgehead atoms. The molecule has 0 radical (unpaired) electrons. The molecule has 2 amide bonds. The molecule has 4 heteroatoms. The van der Waals surface area contributed by atoms with Gasteiger partial charge in [0, 0.05) is 19.5 Å². The molecule has 25 heavy (non-hydrogen) atoms. The van der Waals surface area contributed by atoms with E-state index >= 15 is 0 Å². The second kappa shape index (κ2) is 9.02. The lowest BCUT2D eigenvalue weighted by molar-refractivity contribution is -0.135. The van der Waals surface area contributed by atoms with Crippen LogP contribution in [0.2, 0.25) is 0 Å². The Balaban J connectivity index is 1.91. The van der Waals surface area contributed by atoms with Gasteiger partial charge in [-0.25, -0.2) is 0 Å². The molecule has 0 aromatic heterocycles. The fourth-order valence-electron chi connectivity index (χ4n) is 3.47. The van der Waals surface area contributed by atoms with E-state index in [0.717, 1.165) is 31.4 Å². The van der Waals surface area contributed by atoms with Gasteiger partial charge in [0.1, 0.15) is 0 Å². The number of benzene rings is 1. The van der Waals surface area contributed by atoms with E-state index in [2.05, 4.69) is 43.4 Å². The zero-order valence-electron chi connectivity index (χ0n) is 16.0. The monoisotopic (exact) mass is 344 g/mol. The molecule has 0 aliphatic carbocycles. The van der Waals surface area contributed by atoms with E-state index in [-0.39, 0.29) is 23.8 Å². The zero-order chi connectivity index (χ0) is 18.4. The quantitative estimate of drug-likeness (QED) is 0.855. The highest BCUT2D eigenvalue weighted by molar-refractivity contribution is 5.81. The standard InChI is InChI=1S/C21H32N2O2/c1-5-20(24)23-12-6-7-19(14-23)21(25)22-16(4)18-10-8-17(9-11-18)13-15(2)3/h8-11,15-16,19H,5-7,12-14H2,1-4H3,(H,22,25). The van der Waals surface area contributed by atoms with Crippen molar-refractivity contribution in [2.75, 3.05) is 13.1 Å². The van der Waals surface area contributed by atoms with Gasteiger partial charge in [-0.05, 0) is 43.2 Å². The van der Waals surface area contributed by atoms with Crippen molar-refractivity contribution in [2.24, 2.45) is 11.8 Å². The molecule has 2 unspecified atom stereocenters. The average Bonchev–Trinajstić information content (AvgIpc) is 2.61. The molecule has 138 valence electrons. The second-order valence-electron chi connectivity index (χ2n) is 7.60. The summed E-state index contributed by atoms with van der Waals surface area (Å²) >= 11 is 0. The molecule has 1 fully saturated rings. The predicted molar refractivity (Wildman–Crippen MR) is 101 cm³/mol. The van der Waals surface area contributed by atoms with Crippen molar-refractivity contribution in [3.05, 3.63) is 35.4 Å². The molecule has 2 atom stereocenters. The smallest absolute Gasteiger partial charge is 0.225 e. The lowest BCUT2D eigenvalue weighted by Gasteiger charge is -2.32. The van der Waals surface area contributed by atoms with Gasteiger partial charge in [0.15, 0.2) is 0 Å². The Morgan fingerprint density at radius 3 is 2.48 bits per heavy atom. The van der Waals surface area contributed by atoms with Crippen LogP contribution in [0.1, 0.15) is 64.1 Å². The maximum atomic E-state index is 12.6. The van der Waals surface area contributed by atoms with Crippen molar-refractivity contribution in [1.82, 2.24) is 10.2 Å². The van der Waals surface area contributed by atoms with Crippen LogP contribution >= 0.6 is 0 Å². The van der Waals surface area contributed by atoms with Crippen molar-refractivity contribution >= 4 is 11.8 Å². The summed E-state index contributed by atoms with van der Waals surface area (Å²) in [7, 11) is 0. The predicted octanol–water partition coefficient (Wildman–Crippen LogP) is 3.71. The summed E-state index contributed by atoms with van der Waals surface area (Å²) in [6.07, 6.45) is 3.35. The first-order valence-electron chi connectivity index (χ1n) is 9.57. The van der Waals surface area contributed by atoms with Gasteiger partial charge in [0.2, 0.25) is 11.8 Å². The summed E-state index contributed by atoms with van der Waals surface area (Å²) in [5, 5.41) is 3.13. The van der Waals surface area contributed by atoms with Crippen molar-refractivity contribution in [1.29, 1.82) is 0 Å². The highest BCUT2D eigenvalue weighted by atomic mass is 16.2. The molecule has 4 nitrogen and oxygen atoms in total. The van der Waals surface area contributed by atoms with E-state index in [0.29, 0.717) is 18.9 Å². The minimum Gasteiger partial charge on any atom is -0.349 e. The molecule has 0 saturated carbocycles. The molecule has 1 N–H and O–H groups in total. The van der Waals surface area contributed by atoms with Crippen LogP contribution in [-0.2, 0) is 16.0 Å². The minimum atomic E-state index is -0.0908. The zero-order valence-corrected chi connectivity index (χ0v) is 16.0. The number of likely N-dealkylation sites (tertiary alicyclic amines) is 1. The van der Waals surface area contributed by atoms with Crippen molar-refractivity contribution < 1.29 is 9.59 Å². The van der Waals surface area contributed by atoms with Crippen LogP contribution < -0.4 is 5.32 Å². The SMILES string of the molecule is CCC(=O)N1CCCC(C(=O)NC(C)c2ccc(CC(C)C)cc2)C1. The molecular weight excluding hydrogens is 312 g/mol. The molecule has 1 aromatic carbocycles. The first-order valence-corrected chi connectivity index (χ1v) is 9.57. The molecule has 1 aromatic rings. The summed E-state index contributed by atoms with van der Waals surface area (Å²) in [4.78, 5) is 26.3. The lowest BCUT2D eigenvalue weighted by atomic mass is 9.95. The molecular formula is C21H32N2O2. The molecule has 1 heterocycles. The summed E-state index contributed by atoms with van der Waals surface area (Å²) in [5.74, 6) is 0.758. The minimum absolute atomic E-state index is 0.0159. The van der Waals surface area contributed by atoms with E-state index in [1.54, 1.807) is 0 Å². The first kappa shape index (κ1) is 19.5. The van der Waals surface area contributed by atoms with E-state index in [1.165, 1.54) is 5.56 Å². The third-order valence-corrected chi connectivity index (χ3v) is 4.93. The van der Waals surface area contributed by atoms with Gasteiger partial charge < -0.3 is 10.2 Å². The fourth-order valence-corrected chi connectivity index (χ4v) is 3.47. The Morgan fingerprint density at radius 1 is 1.20 bits per heavy atom. The van der Waals surface area contributed by atoms with Crippen molar-refractivity contribution in [3.8, 4) is 0 Å². The summed E-state index contributed by atoms with van der Waals surface area (Å²) in [6.45, 7) is 9.66. The highest BCUT2D eigenvalue weighted by Crippen LogP contribution is 2.20. The number of amides is 2. The van der Waals surface area contributed by atoms with Crippen LogP contribution in [0.25, 0.3) is 0 Å². The van der Waals surface area contributed by atoms with Crippen LogP contribution in [-0.4, -0.2) is 29.8 Å². The first-order chi connectivity index (χ1) is 11.9. The number of hydrogen-bond acceptors (Lipinski definition) is 2. The molecule has 1 saturated heterocycles. The molecule has 1 aliphatic heterocycles. The summed E-state index contributed by atoms with van der Waals surface area (Å²) in [5.41, 5.74) is 2.46. The van der Waals surface area contributed by atoms with Crippen LogP contribution in [0.3, 0.4) is 0 Å². The van der Waals surface area contributed by atoms with Crippen molar-refractivity contribution in [2.45, 2.75) is 59.4 Å². The Kier molecular flexibility index (Phi) is 7.03. The van der Waals surface area contributed by atoms with Gasteiger partial charge in [0.05, 0.1) is 12.0 Å². The normalized spacial score (nSPS) is 18.9. The highest BCUT2D eigenvalue weighted by Gasteiger charge is 2.28. The van der Waals surface area contributed by atoms with Gasteiger partial charge in [-0.2, -0.15) is 0 Å². The number of piperidine rings is 1. The number of carbonyl (C=O) groups is 2.